The Kier molecular flexibility index (Phi) is 3.80. The third-order valence-electron chi connectivity index (χ3n) is 0.662. The van der Waals surface area contributed by atoms with Crippen molar-refractivity contribution in [1.29, 1.82) is 5.41 Å². The van der Waals surface area contributed by atoms with Crippen molar-refractivity contribution in [3.05, 3.63) is 11.0 Å². The molecule has 1 N–H and O–H groups in total. The van der Waals surface area contributed by atoms with E-state index >= 15 is 0 Å². The molecule has 0 saturated carbocycles. The first-order valence-corrected chi connectivity index (χ1v) is 3.28. The maximum absolute atomic E-state index is 6.75. The smallest absolute Gasteiger partial charge is 0.0310 e. The second-order valence-corrected chi connectivity index (χ2v) is 1.92. The first-order valence-electron chi connectivity index (χ1n) is 2.06. The largest absolute Gasteiger partial charge is 0.308 e. The lowest BCUT2D eigenvalue weighted by atomic mass is 10.6. The van der Waals surface area contributed by atoms with Crippen LogP contribution in [0.15, 0.2) is 11.0 Å². The van der Waals surface area contributed by atoms with Crippen LogP contribution in [0.1, 0.15) is 6.92 Å². The minimum atomic E-state index is 1.01. The van der Waals surface area contributed by atoms with Crippen LogP contribution in [0.2, 0.25) is 0 Å². The predicted molar refractivity (Wildman–Crippen MR) is 36.1 cm³/mol. The van der Waals surface area contributed by atoms with Gasteiger partial charge < -0.3 is 5.41 Å². The molecule has 7 heavy (non-hydrogen) atoms. The zero-order chi connectivity index (χ0) is 5.70. The van der Waals surface area contributed by atoms with E-state index in [1.807, 2.05) is 19.3 Å². The fourth-order valence-corrected chi connectivity index (χ4v) is 0.614. The third kappa shape index (κ3) is 2.45. The van der Waals surface area contributed by atoms with Crippen molar-refractivity contribution in [2.75, 3.05) is 6.26 Å². The predicted octanol–water partition coefficient (Wildman–Crippen LogP) is 1.90. The van der Waals surface area contributed by atoms with E-state index in [-0.39, 0.29) is 0 Å². The number of hydrogen-bond acceptors (Lipinski definition) is 2. The van der Waals surface area contributed by atoms with Crippen LogP contribution in [0, 0.1) is 5.41 Å². The van der Waals surface area contributed by atoms with Crippen LogP contribution in [0.3, 0.4) is 0 Å². The quantitative estimate of drug-likeness (QED) is 0.546. The van der Waals surface area contributed by atoms with Crippen LogP contribution in [0.25, 0.3) is 0 Å². The van der Waals surface area contributed by atoms with Gasteiger partial charge in [-0.1, -0.05) is 6.08 Å². The first kappa shape index (κ1) is 6.76. The molecule has 0 amide bonds. The summed E-state index contributed by atoms with van der Waals surface area (Å²) in [4.78, 5) is 1.01. The van der Waals surface area contributed by atoms with Crippen molar-refractivity contribution in [3.63, 3.8) is 0 Å². The van der Waals surface area contributed by atoms with Gasteiger partial charge in [-0.25, -0.2) is 0 Å². The summed E-state index contributed by atoms with van der Waals surface area (Å²) in [6.45, 7) is 1.93. The molecule has 0 spiro atoms. The highest BCUT2D eigenvalue weighted by atomic mass is 32.2. The number of allylic oxidation sites excluding steroid dienone is 2. The van der Waals surface area contributed by atoms with Crippen LogP contribution >= 0.6 is 11.8 Å². The van der Waals surface area contributed by atoms with Crippen LogP contribution in [0.5, 0.6) is 0 Å². The van der Waals surface area contributed by atoms with E-state index in [4.69, 9.17) is 5.41 Å². The van der Waals surface area contributed by atoms with Gasteiger partial charge in [0.15, 0.2) is 0 Å². The summed E-state index contributed by atoms with van der Waals surface area (Å²) in [5.74, 6) is 0. The van der Waals surface area contributed by atoms with Gasteiger partial charge in [0.2, 0.25) is 0 Å². The average Bonchev–Trinajstić information content (AvgIpc) is 1.72. The van der Waals surface area contributed by atoms with Gasteiger partial charge in [0, 0.05) is 11.1 Å². The van der Waals surface area contributed by atoms with Gasteiger partial charge in [0.05, 0.1) is 0 Å². The van der Waals surface area contributed by atoms with E-state index in [1.165, 1.54) is 6.21 Å². The van der Waals surface area contributed by atoms with Gasteiger partial charge in [-0.2, -0.15) is 0 Å². The van der Waals surface area contributed by atoms with Crippen LogP contribution < -0.4 is 0 Å². The summed E-state index contributed by atoms with van der Waals surface area (Å²) in [5.41, 5.74) is 0. The van der Waals surface area contributed by atoms with Crippen LogP contribution in [0.4, 0.5) is 0 Å². The van der Waals surface area contributed by atoms with Crippen molar-refractivity contribution in [1.82, 2.24) is 0 Å². The second-order valence-electron chi connectivity index (χ2n) is 1.04. The van der Waals surface area contributed by atoms with Gasteiger partial charge in [-0.05, 0) is 13.2 Å². The molecule has 0 aliphatic rings. The molecule has 0 aromatic carbocycles. The molecule has 0 heterocycles. The Balaban J connectivity index is 3.60. The summed E-state index contributed by atoms with van der Waals surface area (Å²) < 4.78 is 0. The lowest BCUT2D eigenvalue weighted by Crippen LogP contribution is -1.70. The van der Waals surface area contributed by atoms with Gasteiger partial charge in [0.25, 0.3) is 0 Å². The van der Waals surface area contributed by atoms with E-state index in [9.17, 15) is 0 Å². The highest BCUT2D eigenvalue weighted by Crippen LogP contribution is 2.05. The van der Waals surface area contributed by atoms with E-state index in [0.717, 1.165) is 4.91 Å². The highest BCUT2D eigenvalue weighted by molar-refractivity contribution is 8.03. The van der Waals surface area contributed by atoms with Gasteiger partial charge in [-0.15, -0.1) is 11.8 Å². The van der Waals surface area contributed by atoms with E-state index < -0.39 is 0 Å². The molecule has 2 heteroatoms. The van der Waals surface area contributed by atoms with E-state index in [0.29, 0.717) is 0 Å². The Morgan fingerprint density at radius 2 is 2.29 bits per heavy atom. The number of rotatable bonds is 2. The van der Waals surface area contributed by atoms with Gasteiger partial charge in [0.1, 0.15) is 0 Å². The molecule has 0 fully saturated rings. The number of thioether (sulfide) groups is 1. The number of hydrogen-bond donors (Lipinski definition) is 1. The Labute approximate surface area is 48.3 Å². The number of nitrogens with one attached hydrogen (secondary N) is 1. The molecule has 0 aliphatic heterocycles. The van der Waals surface area contributed by atoms with Crippen molar-refractivity contribution in [3.8, 4) is 0 Å². The standard InChI is InChI=1S/C5H9NS/c1-3-5(4-6)7-2/h3-4,6H,1-2H3/b5-3+,6-4?. The van der Waals surface area contributed by atoms with Crippen LogP contribution in [-0.4, -0.2) is 12.5 Å². The second kappa shape index (κ2) is 3.93. The third-order valence-corrected chi connectivity index (χ3v) is 1.49. The highest BCUT2D eigenvalue weighted by Gasteiger charge is 1.79. The molecule has 0 saturated heterocycles. The maximum atomic E-state index is 6.75. The van der Waals surface area contributed by atoms with Gasteiger partial charge in [-0.3, -0.25) is 0 Å². The fourth-order valence-electron chi connectivity index (χ4n) is 0.260. The Morgan fingerprint density at radius 1 is 1.71 bits per heavy atom. The Morgan fingerprint density at radius 3 is 2.29 bits per heavy atom. The molecule has 40 valence electrons. The molecule has 0 atom stereocenters. The van der Waals surface area contributed by atoms with Crippen molar-refractivity contribution < 1.29 is 0 Å². The molecular formula is C5H9NS. The molecule has 0 aromatic rings. The van der Waals surface area contributed by atoms with Crippen molar-refractivity contribution in [2.24, 2.45) is 0 Å². The molecule has 0 aliphatic carbocycles. The van der Waals surface area contributed by atoms with E-state index in [2.05, 4.69) is 0 Å². The monoisotopic (exact) mass is 115 g/mol. The van der Waals surface area contributed by atoms with Crippen molar-refractivity contribution in [2.45, 2.75) is 6.92 Å². The minimum absolute atomic E-state index is 1.01. The molecule has 0 bridgehead atoms. The summed E-state index contributed by atoms with van der Waals surface area (Å²) in [6.07, 6.45) is 5.22. The normalized spacial score (nSPS) is 11.4. The molecule has 1 nitrogen and oxygen atoms in total. The lowest BCUT2D eigenvalue weighted by Gasteiger charge is -1.86. The fraction of sp³-hybridized carbons (Fsp3) is 0.400. The average molecular weight is 115 g/mol. The Hall–Kier alpha value is -0.240. The molecule has 0 radical (unpaired) electrons. The zero-order valence-corrected chi connectivity index (χ0v) is 5.38. The summed E-state index contributed by atoms with van der Waals surface area (Å²) in [7, 11) is 0. The van der Waals surface area contributed by atoms with Crippen LogP contribution in [-0.2, 0) is 0 Å². The van der Waals surface area contributed by atoms with E-state index in [1.54, 1.807) is 11.8 Å². The zero-order valence-electron chi connectivity index (χ0n) is 4.56. The lowest BCUT2D eigenvalue weighted by molar-refractivity contribution is 1.57. The minimum Gasteiger partial charge on any atom is -0.308 e. The Bertz CT molecular complexity index is 86.1. The van der Waals surface area contributed by atoms with Crippen molar-refractivity contribution >= 4 is 18.0 Å². The van der Waals surface area contributed by atoms with Gasteiger partial charge >= 0.3 is 0 Å². The molecular weight excluding hydrogens is 106 g/mol. The summed E-state index contributed by atoms with van der Waals surface area (Å²) in [5, 5.41) is 6.75. The SMILES string of the molecule is C/C=C(\C=N)SC. The molecule has 0 unspecified atom stereocenters. The molecule has 0 aromatic heterocycles. The summed E-state index contributed by atoms with van der Waals surface area (Å²) >= 11 is 1.59. The maximum Gasteiger partial charge on any atom is 0.0310 e. The summed E-state index contributed by atoms with van der Waals surface area (Å²) in [6, 6.07) is 0. The molecule has 0 rings (SSSR count). The topological polar surface area (TPSA) is 23.9 Å². The first-order chi connectivity index (χ1) is 3.35.